The van der Waals surface area contributed by atoms with E-state index in [1.54, 1.807) is 0 Å². The summed E-state index contributed by atoms with van der Waals surface area (Å²) in [5.41, 5.74) is 0.0139. The first kappa shape index (κ1) is 16.8. The largest absolute Gasteiger partial charge is 0.480 e. The molecule has 2 amide bonds. The van der Waals surface area contributed by atoms with Gasteiger partial charge in [-0.3, -0.25) is 9.59 Å². The molecule has 1 saturated heterocycles. The van der Waals surface area contributed by atoms with Gasteiger partial charge in [-0.15, -0.1) is 11.8 Å². The van der Waals surface area contributed by atoms with Gasteiger partial charge in [0.25, 0.3) is 0 Å². The van der Waals surface area contributed by atoms with Crippen LogP contribution in [0.1, 0.15) is 33.6 Å². The molecule has 6 nitrogen and oxygen atoms in total. The number of nitrogens with zero attached hydrogens (tertiary/aromatic N) is 1. The van der Waals surface area contributed by atoms with Gasteiger partial charge >= 0.3 is 5.97 Å². The summed E-state index contributed by atoms with van der Waals surface area (Å²) in [5, 5.41) is 11.6. The van der Waals surface area contributed by atoms with Gasteiger partial charge in [0.1, 0.15) is 12.6 Å². The molecular formula is C13H22N2O4S. The van der Waals surface area contributed by atoms with Gasteiger partial charge in [-0.2, -0.15) is 0 Å². The fourth-order valence-corrected chi connectivity index (χ4v) is 2.69. The highest BCUT2D eigenvalue weighted by Crippen LogP contribution is 2.21. The van der Waals surface area contributed by atoms with E-state index >= 15 is 0 Å². The Kier molecular flexibility index (Phi) is 5.86. The van der Waals surface area contributed by atoms with Crippen molar-refractivity contribution >= 4 is 29.5 Å². The van der Waals surface area contributed by atoms with Crippen LogP contribution in [-0.4, -0.2) is 52.0 Å². The Bertz CT molecular complexity index is 392. The number of nitrogens with one attached hydrogen (secondary N) is 1. The number of carbonyl (C=O) groups is 3. The topological polar surface area (TPSA) is 86.7 Å². The van der Waals surface area contributed by atoms with Gasteiger partial charge in [0.15, 0.2) is 0 Å². The van der Waals surface area contributed by atoms with Crippen LogP contribution in [0.3, 0.4) is 0 Å². The van der Waals surface area contributed by atoms with Crippen LogP contribution in [0, 0.1) is 5.41 Å². The highest BCUT2D eigenvalue weighted by Gasteiger charge is 2.26. The molecule has 1 atom stereocenters. The smallest absolute Gasteiger partial charge is 0.326 e. The molecule has 20 heavy (non-hydrogen) atoms. The quantitative estimate of drug-likeness (QED) is 0.762. The van der Waals surface area contributed by atoms with Crippen molar-refractivity contribution in [3.05, 3.63) is 0 Å². The Labute approximate surface area is 123 Å². The molecule has 0 aliphatic carbocycles. The zero-order valence-corrected chi connectivity index (χ0v) is 13.0. The summed E-state index contributed by atoms with van der Waals surface area (Å²) in [6.07, 6.45) is 1.08. The first-order chi connectivity index (χ1) is 9.19. The first-order valence-electron chi connectivity index (χ1n) is 6.57. The SMILES string of the molecule is CC(C)(C)CCC(NC(=O)CN1CSCC1=O)C(=O)O. The summed E-state index contributed by atoms with van der Waals surface area (Å²) < 4.78 is 0. The predicted octanol–water partition coefficient (Wildman–Crippen LogP) is 0.915. The Hall–Kier alpha value is -1.24. The summed E-state index contributed by atoms with van der Waals surface area (Å²) in [4.78, 5) is 35.8. The molecule has 1 aliphatic heterocycles. The van der Waals surface area contributed by atoms with Crippen molar-refractivity contribution in [2.24, 2.45) is 5.41 Å². The first-order valence-corrected chi connectivity index (χ1v) is 7.72. The number of hydrogen-bond acceptors (Lipinski definition) is 4. The van der Waals surface area contributed by atoms with Gasteiger partial charge in [-0.1, -0.05) is 20.8 Å². The van der Waals surface area contributed by atoms with Crippen molar-refractivity contribution in [3.63, 3.8) is 0 Å². The number of hydrogen-bond donors (Lipinski definition) is 2. The van der Waals surface area contributed by atoms with Gasteiger partial charge in [0.05, 0.1) is 11.6 Å². The Morgan fingerprint density at radius 2 is 2.10 bits per heavy atom. The molecule has 1 rings (SSSR count). The minimum atomic E-state index is -1.04. The maximum absolute atomic E-state index is 11.8. The lowest BCUT2D eigenvalue weighted by atomic mass is 9.88. The zero-order chi connectivity index (χ0) is 15.3. The van der Waals surface area contributed by atoms with Crippen LogP contribution in [-0.2, 0) is 14.4 Å². The van der Waals surface area contributed by atoms with E-state index in [0.29, 0.717) is 24.5 Å². The van der Waals surface area contributed by atoms with E-state index in [4.69, 9.17) is 5.11 Å². The molecule has 0 radical (unpaired) electrons. The summed E-state index contributed by atoms with van der Waals surface area (Å²) in [6.45, 7) is 6.00. The molecule has 1 unspecified atom stereocenters. The monoisotopic (exact) mass is 302 g/mol. The van der Waals surface area contributed by atoms with Gasteiger partial charge in [0, 0.05) is 0 Å². The van der Waals surface area contributed by atoms with E-state index < -0.39 is 17.9 Å². The van der Waals surface area contributed by atoms with Gasteiger partial charge in [-0.25, -0.2) is 4.79 Å². The van der Waals surface area contributed by atoms with Crippen molar-refractivity contribution in [2.75, 3.05) is 18.2 Å². The van der Waals surface area contributed by atoms with Crippen molar-refractivity contribution in [3.8, 4) is 0 Å². The van der Waals surface area contributed by atoms with Crippen LogP contribution in [0.25, 0.3) is 0 Å². The molecule has 0 bridgehead atoms. The summed E-state index contributed by atoms with van der Waals surface area (Å²) in [7, 11) is 0. The average molecular weight is 302 g/mol. The lowest BCUT2D eigenvalue weighted by Gasteiger charge is -2.22. The lowest BCUT2D eigenvalue weighted by Crippen LogP contribution is -2.46. The van der Waals surface area contributed by atoms with Crippen LogP contribution in [0.2, 0.25) is 0 Å². The van der Waals surface area contributed by atoms with E-state index in [2.05, 4.69) is 5.32 Å². The van der Waals surface area contributed by atoms with E-state index in [9.17, 15) is 14.4 Å². The third-order valence-corrected chi connectivity index (χ3v) is 3.92. The highest BCUT2D eigenvalue weighted by atomic mass is 32.2. The summed E-state index contributed by atoms with van der Waals surface area (Å²) in [6, 6.07) is -0.896. The Morgan fingerprint density at radius 1 is 1.45 bits per heavy atom. The molecule has 0 aromatic rings. The second-order valence-electron chi connectivity index (χ2n) is 6.13. The second-order valence-corrected chi connectivity index (χ2v) is 7.08. The maximum atomic E-state index is 11.8. The maximum Gasteiger partial charge on any atom is 0.326 e. The zero-order valence-electron chi connectivity index (χ0n) is 12.1. The standard InChI is InChI=1S/C13H22N2O4S/c1-13(2,3)5-4-9(12(18)19)14-10(16)6-15-8-20-7-11(15)17/h9H,4-8H2,1-3H3,(H,14,16)(H,18,19). The number of rotatable bonds is 6. The number of carboxylic acids is 1. The number of carboxylic acid groups (broad SMARTS) is 1. The Balaban J connectivity index is 2.46. The third kappa shape index (κ3) is 5.81. The molecule has 114 valence electrons. The molecule has 2 N–H and O–H groups in total. The number of aliphatic carboxylic acids is 1. The van der Waals surface area contributed by atoms with E-state index in [-0.39, 0.29) is 17.9 Å². The fourth-order valence-electron chi connectivity index (χ4n) is 1.79. The second kappa shape index (κ2) is 6.97. The molecule has 7 heteroatoms. The average Bonchev–Trinajstić information content (AvgIpc) is 2.68. The van der Waals surface area contributed by atoms with Crippen LogP contribution in [0.5, 0.6) is 0 Å². The molecule has 0 spiro atoms. The summed E-state index contributed by atoms with van der Waals surface area (Å²) in [5.74, 6) is -0.648. The van der Waals surface area contributed by atoms with Crippen molar-refractivity contribution in [2.45, 2.75) is 39.7 Å². The molecule has 0 aromatic heterocycles. The molecule has 1 aliphatic rings. The van der Waals surface area contributed by atoms with Crippen molar-refractivity contribution in [1.29, 1.82) is 0 Å². The number of amides is 2. The van der Waals surface area contributed by atoms with Gasteiger partial charge in [-0.05, 0) is 18.3 Å². The molecular weight excluding hydrogens is 280 g/mol. The van der Waals surface area contributed by atoms with Gasteiger partial charge < -0.3 is 15.3 Å². The number of carbonyl (C=O) groups excluding carboxylic acids is 2. The van der Waals surface area contributed by atoms with Crippen LogP contribution < -0.4 is 5.32 Å². The fraction of sp³-hybridized carbons (Fsp3) is 0.769. The lowest BCUT2D eigenvalue weighted by molar-refractivity contribution is -0.142. The summed E-state index contributed by atoms with van der Waals surface area (Å²) >= 11 is 1.45. The van der Waals surface area contributed by atoms with E-state index in [1.165, 1.54) is 16.7 Å². The number of thioether (sulfide) groups is 1. The minimum Gasteiger partial charge on any atom is -0.480 e. The molecule has 1 heterocycles. The molecule has 0 saturated carbocycles. The van der Waals surface area contributed by atoms with Crippen LogP contribution >= 0.6 is 11.8 Å². The van der Waals surface area contributed by atoms with Crippen LogP contribution in [0.15, 0.2) is 0 Å². The van der Waals surface area contributed by atoms with Crippen molar-refractivity contribution in [1.82, 2.24) is 10.2 Å². The third-order valence-electron chi connectivity index (χ3n) is 2.98. The molecule has 1 fully saturated rings. The normalized spacial score (nSPS) is 17.1. The Morgan fingerprint density at radius 3 is 2.55 bits per heavy atom. The van der Waals surface area contributed by atoms with Gasteiger partial charge in [0.2, 0.25) is 11.8 Å². The van der Waals surface area contributed by atoms with E-state index in [1.807, 2.05) is 20.8 Å². The van der Waals surface area contributed by atoms with Crippen molar-refractivity contribution < 1.29 is 19.5 Å². The minimum absolute atomic E-state index is 0.0139. The van der Waals surface area contributed by atoms with Crippen LogP contribution in [0.4, 0.5) is 0 Å². The molecule has 0 aromatic carbocycles. The van der Waals surface area contributed by atoms with E-state index in [0.717, 1.165) is 0 Å². The highest BCUT2D eigenvalue weighted by molar-refractivity contribution is 8.00. The predicted molar refractivity (Wildman–Crippen MR) is 77.3 cm³/mol.